The molecule has 21 heavy (non-hydrogen) atoms. The van der Waals surface area contributed by atoms with Gasteiger partial charge < -0.3 is 5.32 Å². The molecule has 0 fully saturated rings. The first-order chi connectivity index (χ1) is 9.77. The van der Waals surface area contributed by atoms with Gasteiger partial charge in [0.15, 0.2) is 0 Å². The van der Waals surface area contributed by atoms with Crippen LogP contribution in [0.5, 0.6) is 0 Å². The number of nitrogens with one attached hydrogen (secondary N) is 1. The Bertz CT molecular complexity index is 666. The van der Waals surface area contributed by atoms with E-state index in [9.17, 15) is 18.0 Å². The summed E-state index contributed by atoms with van der Waals surface area (Å²) in [5.74, 6) is -0.608. The van der Waals surface area contributed by atoms with Crippen LogP contribution >= 0.6 is 11.6 Å². The molecule has 0 atom stereocenters. The highest BCUT2D eigenvalue weighted by Crippen LogP contribution is 2.32. The van der Waals surface area contributed by atoms with Crippen molar-refractivity contribution in [2.45, 2.75) is 13.1 Å². The first kappa shape index (κ1) is 15.4. The fourth-order valence-electron chi connectivity index (χ4n) is 1.81. The first-order valence-corrected chi connectivity index (χ1v) is 6.40. The van der Waals surface area contributed by atoms with Crippen LogP contribution in [0.25, 0.3) is 0 Å². The zero-order chi connectivity index (χ0) is 15.6. The number of hydrogen-bond donors (Lipinski definition) is 1. The molecule has 2 nitrogen and oxygen atoms in total. The molecule has 6 heteroatoms. The monoisotopic (exact) mass is 313 g/mol. The fourth-order valence-corrected chi connectivity index (χ4v) is 1.93. The van der Waals surface area contributed by atoms with E-state index in [0.29, 0.717) is 10.7 Å². The maximum absolute atomic E-state index is 12.8. The Hall–Kier alpha value is -2.01. The van der Waals surface area contributed by atoms with Crippen LogP contribution in [-0.2, 0) is 6.18 Å². The molecule has 0 bridgehead atoms. The van der Waals surface area contributed by atoms with Gasteiger partial charge in [0.1, 0.15) is 0 Å². The third-order valence-corrected chi connectivity index (χ3v) is 3.16. The summed E-state index contributed by atoms with van der Waals surface area (Å²) in [6.45, 7) is 1.35. The number of anilines is 1. The lowest BCUT2D eigenvalue weighted by molar-refractivity contribution is -0.138. The Balaban J connectivity index is 2.25. The van der Waals surface area contributed by atoms with Crippen LogP contribution in [0.4, 0.5) is 18.9 Å². The second-order valence-electron chi connectivity index (χ2n) is 4.49. The number of carbonyl (C=O) groups is 1. The van der Waals surface area contributed by atoms with Crippen LogP contribution in [0.3, 0.4) is 0 Å². The zero-order valence-electron chi connectivity index (χ0n) is 11.0. The van der Waals surface area contributed by atoms with E-state index in [1.54, 1.807) is 24.3 Å². The lowest BCUT2D eigenvalue weighted by Crippen LogP contribution is -2.14. The molecule has 1 amide bonds. The van der Waals surface area contributed by atoms with Crippen molar-refractivity contribution in [2.24, 2.45) is 0 Å². The fraction of sp³-hybridized carbons (Fsp3) is 0.133. The molecule has 0 radical (unpaired) electrons. The Morgan fingerprint density at radius 3 is 2.29 bits per heavy atom. The van der Waals surface area contributed by atoms with E-state index in [1.165, 1.54) is 19.1 Å². The van der Waals surface area contributed by atoms with Crippen LogP contribution in [0.15, 0.2) is 42.5 Å². The molecule has 2 rings (SSSR count). The third kappa shape index (κ3) is 3.76. The predicted octanol–water partition coefficient (Wildman–Crippen LogP) is 4.92. The molecule has 0 aliphatic carbocycles. The molecule has 1 N–H and O–H groups in total. The van der Waals surface area contributed by atoms with Gasteiger partial charge in [-0.15, -0.1) is 0 Å². The molecule has 2 aromatic rings. The van der Waals surface area contributed by atoms with E-state index in [-0.39, 0.29) is 11.1 Å². The molecule has 110 valence electrons. The van der Waals surface area contributed by atoms with Gasteiger partial charge in [0.25, 0.3) is 5.91 Å². The van der Waals surface area contributed by atoms with Gasteiger partial charge in [-0.3, -0.25) is 4.79 Å². The summed E-state index contributed by atoms with van der Waals surface area (Å²) in [6, 6.07) is 9.77. The van der Waals surface area contributed by atoms with Crippen molar-refractivity contribution in [3.05, 3.63) is 64.2 Å². The largest absolute Gasteiger partial charge is 0.416 e. The zero-order valence-corrected chi connectivity index (χ0v) is 11.7. The number of alkyl halides is 3. The Kier molecular flexibility index (Phi) is 4.23. The van der Waals surface area contributed by atoms with Crippen molar-refractivity contribution >= 4 is 23.2 Å². The van der Waals surface area contributed by atoms with E-state index >= 15 is 0 Å². The van der Waals surface area contributed by atoms with Crippen LogP contribution < -0.4 is 5.32 Å². The van der Waals surface area contributed by atoms with Crippen molar-refractivity contribution in [1.29, 1.82) is 0 Å². The smallest absolute Gasteiger partial charge is 0.322 e. The summed E-state index contributed by atoms with van der Waals surface area (Å²) in [5.41, 5.74) is -0.335. The second-order valence-corrected chi connectivity index (χ2v) is 4.92. The highest BCUT2D eigenvalue weighted by molar-refractivity contribution is 6.30. The first-order valence-electron chi connectivity index (χ1n) is 6.02. The molecular weight excluding hydrogens is 303 g/mol. The van der Waals surface area contributed by atoms with Gasteiger partial charge in [-0.2, -0.15) is 13.2 Å². The highest BCUT2D eigenvalue weighted by Gasteiger charge is 2.32. The highest BCUT2D eigenvalue weighted by atomic mass is 35.5. The maximum atomic E-state index is 12.8. The van der Waals surface area contributed by atoms with Gasteiger partial charge >= 0.3 is 6.18 Å². The predicted molar refractivity (Wildman–Crippen MR) is 75.6 cm³/mol. The minimum Gasteiger partial charge on any atom is -0.322 e. The third-order valence-electron chi connectivity index (χ3n) is 2.91. The lowest BCUT2D eigenvalue weighted by Gasteiger charge is -2.12. The Morgan fingerprint density at radius 2 is 1.71 bits per heavy atom. The second kappa shape index (κ2) is 5.77. The number of halogens is 4. The van der Waals surface area contributed by atoms with E-state index < -0.39 is 17.6 Å². The molecule has 0 aliphatic rings. The number of carbonyl (C=O) groups excluding carboxylic acids is 1. The Labute approximate surface area is 124 Å². The van der Waals surface area contributed by atoms with Crippen molar-refractivity contribution in [2.75, 3.05) is 5.32 Å². The van der Waals surface area contributed by atoms with Crippen LogP contribution in [0, 0.1) is 6.92 Å². The minimum absolute atomic E-state index is 0.0529. The van der Waals surface area contributed by atoms with Crippen molar-refractivity contribution in [3.63, 3.8) is 0 Å². The molecule has 0 spiro atoms. The molecule has 0 heterocycles. The van der Waals surface area contributed by atoms with Gasteiger partial charge in [0, 0.05) is 16.3 Å². The minimum atomic E-state index is -4.49. The van der Waals surface area contributed by atoms with E-state index in [0.717, 1.165) is 6.07 Å². The quantitative estimate of drug-likeness (QED) is 0.837. The number of benzene rings is 2. The van der Waals surface area contributed by atoms with Crippen molar-refractivity contribution in [1.82, 2.24) is 0 Å². The van der Waals surface area contributed by atoms with Gasteiger partial charge in [-0.25, -0.2) is 0 Å². The van der Waals surface area contributed by atoms with Crippen LogP contribution in [-0.4, -0.2) is 5.91 Å². The molecule has 0 saturated carbocycles. The summed E-state index contributed by atoms with van der Waals surface area (Å²) in [7, 11) is 0. The molecule has 0 aliphatic heterocycles. The number of hydrogen-bond acceptors (Lipinski definition) is 1. The lowest BCUT2D eigenvalue weighted by atomic mass is 10.0. The molecule has 0 saturated heterocycles. The summed E-state index contributed by atoms with van der Waals surface area (Å²) >= 11 is 5.72. The molecular formula is C15H11ClF3NO. The standard InChI is InChI=1S/C15H11ClF3NO/c1-9-2-3-10(8-13(9)15(17,18)19)14(21)20-12-6-4-11(16)5-7-12/h2-8H,1H3,(H,20,21). The van der Waals surface area contributed by atoms with Gasteiger partial charge in [-0.1, -0.05) is 17.7 Å². The average Bonchev–Trinajstić information content (AvgIpc) is 2.40. The van der Waals surface area contributed by atoms with Crippen LogP contribution in [0.1, 0.15) is 21.5 Å². The molecule has 2 aromatic carbocycles. The molecule has 0 unspecified atom stereocenters. The van der Waals surface area contributed by atoms with Crippen LogP contribution in [0.2, 0.25) is 5.02 Å². The van der Waals surface area contributed by atoms with Gasteiger partial charge in [0.05, 0.1) is 5.56 Å². The summed E-state index contributed by atoms with van der Waals surface area (Å²) in [5, 5.41) is 3.02. The summed E-state index contributed by atoms with van der Waals surface area (Å²) in [6.07, 6.45) is -4.49. The maximum Gasteiger partial charge on any atom is 0.416 e. The van der Waals surface area contributed by atoms with E-state index in [2.05, 4.69) is 5.32 Å². The Morgan fingerprint density at radius 1 is 1.10 bits per heavy atom. The summed E-state index contributed by atoms with van der Waals surface area (Å²) in [4.78, 5) is 12.0. The van der Waals surface area contributed by atoms with Gasteiger partial charge in [0.2, 0.25) is 0 Å². The number of rotatable bonds is 2. The van der Waals surface area contributed by atoms with E-state index in [1.807, 2.05) is 0 Å². The van der Waals surface area contributed by atoms with E-state index in [4.69, 9.17) is 11.6 Å². The average molecular weight is 314 g/mol. The summed E-state index contributed by atoms with van der Waals surface area (Å²) < 4.78 is 38.5. The number of aryl methyl sites for hydroxylation is 1. The number of amides is 1. The van der Waals surface area contributed by atoms with Crippen molar-refractivity contribution in [3.8, 4) is 0 Å². The SMILES string of the molecule is Cc1ccc(C(=O)Nc2ccc(Cl)cc2)cc1C(F)(F)F. The van der Waals surface area contributed by atoms with Crippen molar-refractivity contribution < 1.29 is 18.0 Å². The topological polar surface area (TPSA) is 29.1 Å². The normalized spacial score (nSPS) is 11.3. The van der Waals surface area contributed by atoms with Gasteiger partial charge in [-0.05, 0) is 48.9 Å². The molecule has 0 aromatic heterocycles.